The van der Waals surface area contributed by atoms with Gasteiger partial charge < -0.3 is 25.0 Å². The van der Waals surface area contributed by atoms with Gasteiger partial charge in [-0.1, -0.05) is 37.3 Å². The number of rotatable bonds is 8. The van der Waals surface area contributed by atoms with Crippen LogP contribution in [0.1, 0.15) is 30.9 Å². The molecule has 0 spiro atoms. The molecule has 6 nitrogen and oxygen atoms in total. The molecule has 0 radical (unpaired) electrons. The fourth-order valence-electron chi connectivity index (χ4n) is 4.73. The third-order valence-electron chi connectivity index (χ3n) is 6.94. The predicted molar refractivity (Wildman–Crippen MR) is 137 cm³/mol. The first-order valence-corrected chi connectivity index (χ1v) is 12.1. The summed E-state index contributed by atoms with van der Waals surface area (Å²) in [5.41, 5.74) is 4.82. The summed E-state index contributed by atoms with van der Waals surface area (Å²) in [4.78, 5) is 23.0. The van der Waals surface area contributed by atoms with E-state index in [0.717, 1.165) is 38.2 Å². The highest BCUT2D eigenvalue weighted by molar-refractivity contribution is 5.84. The van der Waals surface area contributed by atoms with Crippen LogP contribution in [0.25, 0.3) is 10.9 Å². The minimum absolute atomic E-state index is 0.143. The number of benzene rings is 2. The van der Waals surface area contributed by atoms with Crippen molar-refractivity contribution in [2.45, 2.75) is 25.8 Å². The third-order valence-corrected chi connectivity index (χ3v) is 6.94. The molecule has 1 fully saturated rings. The van der Waals surface area contributed by atoms with Crippen molar-refractivity contribution >= 4 is 22.5 Å². The van der Waals surface area contributed by atoms with Crippen LogP contribution in [-0.2, 0) is 4.79 Å². The Morgan fingerprint density at radius 2 is 1.76 bits per heavy atom. The zero-order valence-corrected chi connectivity index (χ0v) is 20.3. The van der Waals surface area contributed by atoms with Crippen molar-refractivity contribution in [3.8, 4) is 0 Å². The molecule has 1 saturated heterocycles. The average molecular weight is 448 g/mol. The molecule has 176 valence electrons. The van der Waals surface area contributed by atoms with Crippen LogP contribution in [0.5, 0.6) is 0 Å². The Hall–Kier alpha value is -2.83. The lowest BCUT2D eigenvalue weighted by atomic mass is 9.90. The molecule has 0 unspecified atom stereocenters. The minimum atomic E-state index is -0.216. The van der Waals surface area contributed by atoms with Crippen molar-refractivity contribution in [3.63, 3.8) is 0 Å². The summed E-state index contributed by atoms with van der Waals surface area (Å²) in [6.45, 7) is 9.48. The minimum Gasteiger partial charge on any atom is -0.378 e. The first-order chi connectivity index (χ1) is 16.0. The molecule has 33 heavy (non-hydrogen) atoms. The number of nitrogens with one attached hydrogen (secondary N) is 2. The van der Waals surface area contributed by atoms with Gasteiger partial charge in [0.25, 0.3) is 0 Å². The van der Waals surface area contributed by atoms with Crippen molar-refractivity contribution in [2.75, 3.05) is 58.3 Å². The number of carbonyl (C=O) groups is 1. The summed E-state index contributed by atoms with van der Waals surface area (Å²) in [5, 5.41) is 4.80. The number of anilines is 1. The molecule has 1 aromatic heterocycles. The first kappa shape index (κ1) is 23.3. The molecule has 1 aliphatic heterocycles. The van der Waals surface area contributed by atoms with Gasteiger partial charge >= 0.3 is 0 Å². The highest BCUT2D eigenvalue weighted by Crippen LogP contribution is 2.31. The maximum absolute atomic E-state index is 13.1. The maximum atomic E-state index is 13.1. The fraction of sp³-hybridized carbons (Fsp3) is 0.444. The van der Waals surface area contributed by atoms with Gasteiger partial charge in [-0.2, -0.15) is 0 Å². The number of nitrogens with zero attached hydrogens (tertiary/aromatic N) is 3. The first-order valence-electron chi connectivity index (χ1n) is 12.1. The van der Waals surface area contributed by atoms with Gasteiger partial charge in [0.15, 0.2) is 0 Å². The van der Waals surface area contributed by atoms with E-state index in [1.54, 1.807) is 0 Å². The summed E-state index contributed by atoms with van der Waals surface area (Å²) in [5.74, 6) is 0.343. The molecule has 3 aromatic rings. The molecule has 1 amide bonds. The van der Waals surface area contributed by atoms with E-state index in [1.165, 1.54) is 22.2 Å². The van der Waals surface area contributed by atoms with Gasteiger partial charge in [0.2, 0.25) is 5.91 Å². The number of H-pyrrole nitrogens is 1. The Kier molecular flexibility index (Phi) is 7.36. The second kappa shape index (κ2) is 10.4. The van der Waals surface area contributed by atoms with Crippen LogP contribution in [0.2, 0.25) is 0 Å². The molecule has 2 aromatic carbocycles. The molecular formula is C27H37N5O. The molecular weight excluding hydrogens is 410 g/mol. The number of hydrogen-bond donors (Lipinski definition) is 2. The van der Waals surface area contributed by atoms with E-state index < -0.39 is 0 Å². The maximum Gasteiger partial charge on any atom is 0.239 e. The monoisotopic (exact) mass is 447 g/mol. The van der Waals surface area contributed by atoms with Crippen molar-refractivity contribution < 1.29 is 4.79 Å². The number of carbonyl (C=O) groups excluding carboxylic acids is 1. The predicted octanol–water partition coefficient (Wildman–Crippen LogP) is 3.51. The van der Waals surface area contributed by atoms with Crippen LogP contribution >= 0.6 is 0 Å². The van der Waals surface area contributed by atoms with E-state index in [2.05, 4.69) is 95.8 Å². The molecule has 0 bridgehead atoms. The van der Waals surface area contributed by atoms with Gasteiger partial charge in [-0.25, -0.2) is 0 Å². The van der Waals surface area contributed by atoms with Gasteiger partial charge in [-0.15, -0.1) is 0 Å². The summed E-state index contributed by atoms with van der Waals surface area (Å²) < 4.78 is 0. The summed E-state index contributed by atoms with van der Waals surface area (Å²) in [6.07, 6.45) is 2.12. The smallest absolute Gasteiger partial charge is 0.239 e. The zero-order chi connectivity index (χ0) is 23.4. The second-order valence-corrected chi connectivity index (χ2v) is 9.22. The SMILES string of the molecule is CCN1CCN(C(=O)[C@H](C)NC[C@@H](c2ccc(N(C)C)cc2)c2c[nH]c3ccccc23)CC1. The van der Waals surface area contributed by atoms with E-state index in [1.807, 2.05) is 11.8 Å². The summed E-state index contributed by atoms with van der Waals surface area (Å²) in [6, 6.07) is 17.0. The number of likely N-dealkylation sites (N-methyl/N-ethyl adjacent to an activating group) is 1. The number of piperazine rings is 1. The van der Waals surface area contributed by atoms with Gasteiger partial charge in [0.1, 0.15) is 0 Å². The third kappa shape index (κ3) is 5.23. The Balaban J connectivity index is 1.52. The molecule has 2 heterocycles. The number of aromatic amines is 1. The molecule has 6 heteroatoms. The molecule has 0 saturated carbocycles. The lowest BCUT2D eigenvalue weighted by molar-refractivity contribution is -0.134. The standard InChI is InChI=1S/C27H37N5O/c1-5-31-14-16-32(17-15-31)27(33)20(2)28-18-24(21-10-12-22(13-11-21)30(3)4)25-19-29-26-9-7-6-8-23(25)26/h6-13,19-20,24,28-29H,5,14-18H2,1-4H3/t20-,24-/m0/s1. The van der Waals surface area contributed by atoms with E-state index in [0.29, 0.717) is 6.54 Å². The quantitative estimate of drug-likeness (QED) is 0.555. The lowest BCUT2D eigenvalue weighted by Gasteiger charge is -2.35. The molecule has 4 rings (SSSR count). The molecule has 2 atom stereocenters. The van der Waals surface area contributed by atoms with Crippen LogP contribution in [0.3, 0.4) is 0 Å². The van der Waals surface area contributed by atoms with Crippen molar-refractivity contribution in [3.05, 3.63) is 65.9 Å². The second-order valence-electron chi connectivity index (χ2n) is 9.22. The van der Waals surface area contributed by atoms with Crippen molar-refractivity contribution in [1.82, 2.24) is 20.1 Å². The van der Waals surface area contributed by atoms with E-state index in [9.17, 15) is 4.79 Å². The summed E-state index contributed by atoms with van der Waals surface area (Å²) >= 11 is 0. The Bertz CT molecular complexity index is 1050. The van der Waals surface area contributed by atoms with Crippen LogP contribution in [0.4, 0.5) is 5.69 Å². The average Bonchev–Trinajstić information content (AvgIpc) is 3.28. The van der Waals surface area contributed by atoms with E-state index >= 15 is 0 Å². The van der Waals surface area contributed by atoms with Crippen molar-refractivity contribution in [2.24, 2.45) is 0 Å². The van der Waals surface area contributed by atoms with Crippen LogP contribution < -0.4 is 10.2 Å². The fourth-order valence-corrected chi connectivity index (χ4v) is 4.73. The highest BCUT2D eigenvalue weighted by Gasteiger charge is 2.26. The Morgan fingerprint density at radius 3 is 2.42 bits per heavy atom. The van der Waals surface area contributed by atoms with Gasteiger partial charge in [-0.3, -0.25) is 4.79 Å². The normalized spacial score (nSPS) is 16.7. The van der Waals surface area contributed by atoms with Crippen LogP contribution in [0.15, 0.2) is 54.7 Å². The number of fused-ring (bicyclic) bond motifs is 1. The van der Waals surface area contributed by atoms with E-state index in [-0.39, 0.29) is 17.9 Å². The lowest BCUT2D eigenvalue weighted by Crippen LogP contribution is -2.53. The Labute approximate surface area is 197 Å². The topological polar surface area (TPSA) is 54.6 Å². The molecule has 0 aliphatic carbocycles. The highest BCUT2D eigenvalue weighted by atomic mass is 16.2. The van der Waals surface area contributed by atoms with Gasteiger partial charge in [0.05, 0.1) is 6.04 Å². The van der Waals surface area contributed by atoms with Crippen molar-refractivity contribution in [1.29, 1.82) is 0 Å². The zero-order valence-electron chi connectivity index (χ0n) is 20.3. The number of para-hydroxylation sites is 1. The number of aromatic nitrogens is 1. The molecule has 1 aliphatic rings. The number of amides is 1. The summed E-state index contributed by atoms with van der Waals surface area (Å²) in [7, 11) is 4.11. The van der Waals surface area contributed by atoms with Crippen LogP contribution in [0, 0.1) is 0 Å². The van der Waals surface area contributed by atoms with Gasteiger partial charge in [-0.05, 0) is 42.8 Å². The largest absolute Gasteiger partial charge is 0.378 e. The Morgan fingerprint density at radius 1 is 1.06 bits per heavy atom. The van der Waals surface area contributed by atoms with Crippen LogP contribution in [-0.4, -0.2) is 80.1 Å². The number of hydrogen-bond acceptors (Lipinski definition) is 4. The van der Waals surface area contributed by atoms with E-state index in [4.69, 9.17) is 0 Å². The molecule has 2 N–H and O–H groups in total. The van der Waals surface area contributed by atoms with Gasteiger partial charge in [0, 0.05) is 75.5 Å².